The van der Waals surface area contributed by atoms with Gasteiger partial charge < -0.3 is 9.84 Å². The minimum atomic E-state index is -0.287. The van der Waals surface area contributed by atoms with E-state index in [4.69, 9.17) is 4.74 Å². The van der Waals surface area contributed by atoms with Gasteiger partial charge in [-0.25, -0.2) is 0 Å². The Balaban J connectivity index is 0.000000189. The zero-order valence-corrected chi connectivity index (χ0v) is 20.3. The number of hydrogen-bond acceptors (Lipinski definition) is 3. The molecule has 4 rings (SSSR count). The van der Waals surface area contributed by atoms with Crippen LogP contribution in [0.25, 0.3) is 21.5 Å². The summed E-state index contributed by atoms with van der Waals surface area (Å²) in [6.45, 7) is 10.3. The van der Waals surface area contributed by atoms with E-state index in [9.17, 15) is 9.90 Å². The van der Waals surface area contributed by atoms with Crippen molar-refractivity contribution in [1.29, 1.82) is 0 Å². The molecule has 0 fully saturated rings. The van der Waals surface area contributed by atoms with Gasteiger partial charge in [-0.15, -0.1) is 0 Å². The molecular formula is C30H34O3. The molecule has 3 nitrogen and oxygen atoms in total. The second kappa shape index (κ2) is 11.0. The fourth-order valence-corrected chi connectivity index (χ4v) is 3.81. The van der Waals surface area contributed by atoms with Crippen LogP contribution in [0.2, 0.25) is 0 Å². The van der Waals surface area contributed by atoms with Crippen molar-refractivity contribution in [3.63, 3.8) is 0 Å². The van der Waals surface area contributed by atoms with Crippen LogP contribution in [0.15, 0.2) is 72.8 Å². The average molecular weight is 443 g/mol. The third-order valence-corrected chi connectivity index (χ3v) is 6.31. The third kappa shape index (κ3) is 6.35. The van der Waals surface area contributed by atoms with Gasteiger partial charge in [0.15, 0.2) is 0 Å². The van der Waals surface area contributed by atoms with Crippen LogP contribution < -0.4 is 4.74 Å². The van der Waals surface area contributed by atoms with E-state index in [-0.39, 0.29) is 5.97 Å². The molecule has 0 saturated carbocycles. The van der Waals surface area contributed by atoms with Gasteiger partial charge in [0.2, 0.25) is 0 Å². The first kappa shape index (κ1) is 24.3. The molecule has 0 amide bonds. The molecular weight excluding hydrogens is 408 g/mol. The zero-order valence-electron chi connectivity index (χ0n) is 20.3. The summed E-state index contributed by atoms with van der Waals surface area (Å²) >= 11 is 0. The van der Waals surface area contributed by atoms with Gasteiger partial charge in [0.25, 0.3) is 0 Å². The Kier molecular flexibility index (Phi) is 8.11. The predicted molar refractivity (Wildman–Crippen MR) is 138 cm³/mol. The molecule has 33 heavy (non-hydrogen) atoms. The largest absolute Gasteiger partial charge is 0.508 e. The highest BCUT2D eigenvalue weighted by molar-refractivity contribution is 5.86. The maximum absolute atomic E-state index is 10.9. The smallest absolute Gasteiger partial charge is 0.308 e. The van der Waals surface area contributed by atoms with E-state index in [0.717, 1.165) is 23.6 Å². The van der Waals surface area contributed by atoms with Crippen molar-refractivity contribution in [2.24, 2.45) is 0 Å². The Morgan fingerprint density at radius 2 is 1.18 bits per heavy atom. The summed E-state index contributed by atoms with van der Waals surface area (Å²) in [6, 6.07) is 24.1. The molecule has 2 unspecified atom stereocenters. The second-order valence-corrected chi connectivity index (χ2v) is 8.77. The molecule has 0 aliphatic rings. The molecule has 172 valence electrons. The molecule has 2 atom stereocenters. The second-order valence-electron chi connectivity index (χ2n) is 8.77. The molecule has 4 aromatic carbocycles. The van der Waals surface area contributed by atoms with E-state index >= 15 is 0 Å². The van der Waals surface area contributed by atoms with Crippen LogP contribution in [-0.4, -0.2) is 11.1 Å². The van der Waals surface area contributed by atoms with Gasteiger partial charge in [-0.2, -0.15) is 0 Å². The lowest BCUT2D eigenvalue weighted by molar-refractivity contribution is -0.131. The first-order valence-electron chi connectivity index (χ1n) is 11.8. The van der Waals surface area contributed by atoms with Crippen LogP contribution in [-0.2, 0) is 4.79 Å². The van der Waals surface area contributed by atoms with Gasteiger partial charge in [-0.1, -0.05) is 76.2 Å². The number of phenols is 1. The summed E-state index contributed by atoms with van der Waals surface area (Å²) in [4.78, 5) is 10.9. The lowest BCUT2D eigenvalue weighted by atomic mass is 9.96. The van der Waals surface area contributed by atoms with E-state index in [2.05, 4.69) is 64.1 Å². The number of aromatic hydroxyl groups is 1. The highest BCUT2D eigenvalue weighted by Crippen LogP contribution is 2.27. The normalized spacial score (nSPS) is 12.6. The topological polar surface area (TPSA) is 46.5 Å². The summed E-state index contributed by atoms with van der Waals surface area (Å²) in [5.74, 6) is 1.82. The summed E-state index contributed by atoms with van der Waals surface area (Å²) < 4.78 is 5.08. The molecule has 3 heteroatoms. The van der Waals surface area contributed by atoms with Gasteiger partial charge in [-0.05, 0) is 81.6 Å². The van der Waals surface area contributed by atoms with Crippen molar-refractivity contribution in [2.75, 3.05) is 0 Å². The maximum atomic E-state index is 10.9. The summed E-state index contributed by atoms with van der Waals surface area (Å²) in [6.07, 6.45) is 2.29. The fourth-order valence-electron chi connectivity index (χ4n) is 3.81. The highest BCUT2D eigenvalue weighted by Gasteiger charge is 2.06. The fraction of sp³-hybridized carbons (Fsp3) is 0.300. The number of esters is 1. The molecule has 0 bridgehead atoms. The molecule has 0 heterocycles. The number of carbonyl (C=O) groups excluding carboxylic acids is 1. The molecule has 0 aromatic heterocycles. The SMILES string of the molecule is CCC(C)c1ccc2cc(O)ccc2c1.CCC(C)c1ccc2cc(OC(C)=O)ccc2c1. The van der Waals surface area contributed by atoms with Gasteiger partial charge in [0.1, 0.15) is 11.5 Å². The summed E-state index contributed by atoms with van der Waals surface area (Å²) in [7, 11) is 0. The van der Waals surface area contributed by atoms with Crippen molar-refractivity contribution >= 4 is 27.5 Å². The Hall–Kier alpha value is -3.33. The van der Waals surface area contributed by atoms with Crippen molar-refractivity contribution in [1.82, 2.24) is 0 Å². The quantitative estimate of drug-likeness (QED) is 0.249. The lowest BCUT2D eigenvalue weighted by Gasteiger charge is -2.10. The van der Waals surface area contributed by atoms with Crippen molar-refractivity contribution < 1.29 is 14.6 Å². The molecule has 4 aromatic rings. The number of carbonyl (C=O) groups is 1. The van der Waals surface area contributed by atoms with Gasteiger partial charge in [0, 0.05) is 6.92 Å². The monoisotopic (exact) mass is 442 g/mol. The lowest BCUT2D eigenvalue weighted by Crippen LogP contribution is -2.01. The minimum Gasteiger partial charge on any atom is -0.508 e. The predicted octanol–water partition coefficient (Wildman–Crippen LogP) is 8.34. The third-order valence-electron chi connectivity index (χ3n) is 6.31. The maximum Gasteiger partial charge on any atom is 0.308 e. The van der Waals surface area contributed by atoms with E-state index in [0.29, 0.717) is 23.3 Å². The molecule has 0 spiro atoms. The Morgan fingerprint density at radius 3 is 1.70 bits per heavy atom. The summed E-state index contributed by atoms with van der Waals surface area (Å²) in [5.41, 5.74) is 2.72. The van der Waals surface area contributed by atoms with Crippen LogP contribution in [0.5, 0.6) is 11.5 Å². The zero-order chi connectivity index (χ0) is 24.0. The Bertz CT molecular complexity index is 1240. The van der Waals surface area contributed by atoms with E-state index < -0.39 is 0 Å². The Labute approximate surface area is 197 Å². The highest BCUT2D eigenvalue weighted by atomic mass is 16.5. The molecule has 1 N–H and O–H groups in total. The van der Waals surface area contributed by atoms with E-state index in [1.54, 1.807) is 12.1 Å². The minimum absolute atomic E-state index is 0.287. The van der Waals surface area contributed by atoms with E-state index in [1.165, 1.54) is 28.8 Å². The van der Waals surface area contributed by atoms with E-state index in [1.807, 2.05) is 24.3 Å². The summed E-state index contributed by atoms with van der Waals surface area (Å²) in [5, 5.41) is 13.9. The molecule has 0 aliphatic carbocycles. The number of fused-ring (bicyclic) bond motifs is 2. The standard InChI is InChI=1S/C16H18O2.C14H16O/c1-4-11(2)13-5-6-15-10-16(18-12(3)17)8-7-14(15)9-13;1-3-10(2)11-4-5-13-9-14(15)7-6-12(13)8-11/h5-11H,4H2,1-3H3;4-10,15H,3H2,1-2H3. The molecule has 0 aliphatic heterocycles. The number of benzene rings is 4. The van der Waals surface area contributed by atoms with Gasteiger partial charge in [-0.3, -0.25) is 4.79 Å². The van der Waals surface area contributed by atoms with Crippen LogP contribution in [0.1, 0.15) is 70.4 Å². The Morgan fingerprint density at radius 1 is 0.727 bits per heavy atom. The molecule has 0 saturated heterocycles. The van der Waals surface area contributed by atoms with Crippen LogP contribution in [0.3, 0.4) is 0 Å². The number of ether oxygens (including phenoxy) is 1. The van der Waals surface area contributed by atoms with Crippen molar-refractivity contribution in [2.45, 2.75) is 59.3 Å². The first-order valence-corrected chi connectivity index (χ1v) is 11.8. The van der Waals surface area contributed by atoms with Gasteiger partial charge >= 0.3 is 5.97 Å². The van der Waals surface area contributed by atoms with Crippen LogP contribution in [0.4, 0.5) is 0 Å². The van der Waals surface area contributed by atoms with Crippen molar-refractivity contribution in [3.05, 3.63) is 83.9 Å². The number of phenolic OH excluding ortho intramolecular Hbond substituents is 1. The van der Waals surface area contributed by atoms with Crippen LogP contribution >= 0.6 is 0 Å². The molecule has 0 radical (unpaired) electrons. The van der Waals surface area contributed by atoms with Crippen LogP contribution in [0, 0.1) is 0 Å². The first-order chi connectivity index (χ1) is 15.8. The number of hydrogen-bond donors (Lipinski definition) is 1. The van der Waals surface area contributed by atoms with Gasteiger partial charge in [0.05, 0.1) is 0 Å². The van der Waals surface area contributed by atoms with Crippen molar-refractivity contribution in [3.8, 4) is 11.5 Å². The number of rotatable bonds is 5. The average Bonchev–Trinajstić information content (AvgIpc) is 2.82.